The number of carbonyl (C=O) groups is 1. The monoisotopic (exact) mass is 246 g/mol. The standard InChI is InChI=1S/C12H14N4O2/c17-12(16-14-8-11-6-7-13-15-11)18-9-10-4-2-1-3-5-10/h1-7,14H,8-9H2,(H,13,15)(H,16,17). The Labute approximate surface area is 104 Å². The van der Waals surface area contributed by atoms with Crippen molar-refractivity contribution in [3.8, 4) is 0 Å². The first-order valence-corrected chi connectivity index (χ1v) is 5.52. The van der Waals surface area contributed by atoms with Crippen molar-refractivity contribution in [3.63, 3.8) is 0 Å². The third-order valence-electron chi connectivity index (χ3n) is 2.24. The Morgan fingerprint density at radius 2 is 2.11 bits per heavy atom. The Morgan fingerprint density at radius 1 is 1.28 bits per heavy atom. The van der Waals surface area contributed by atoms with E-state index in [0.29, 0.717) is 6.54 Å². The predicted molar refractivity (Wildman–Crippen MR) is 65.2 cm³/mol. The molecule has 0 spiro atoms. The van der Waals surface area contributed by atoms with Gasteiger partial charge in [-0.15, -0.1) is 0 Å². The molecule has 2 rings (SSSR count). The van der Waals surface area contributed by atoms with E-state index in [9.17, 15) is 4.79 Å². The maximum Gasteiger partial charge on any atom is 0.421 e. The number of aromatic nitrogens is 2. The minimum absolute atomic E-state index is 0.248. The van der Waals surface area contributed by atoms with Crippen LogP contribution in [0.1, 0.15) is 11.3 Å². The highest BCUT2D eigenvalue weighted by Gasteiger charge is 2.01. The van der Waals surface area contributed by atoms with Crippen LogP contribution in [0.25, 0.3) is 0 Å². The molecule has 6 heteroatoms. The predicted octanol–water partition coefficient (Wildman–Crippen LogP) is 1.34. The topological polar surface area (TPSA) is 79.0 Å². The van der Waals surface area contributed by atoms with Crippen molar-refractivity contribution in [2.75, 3.05) is 0 Å². The second-order valence-electron chi connectivity index (χ2n) is 3.62. The van der Waals surface area contributed by atoms with E-state index >= 15 is 0 Å². The van der Waals surface area contributed by atoms with E-state index in [2.05, 4.69) is 21.0 Å². The van der Waals surface area contributed by atoms with Crippen LogP contribution < -0.4 is 10.9 Å². The third-order valence-corrected chi connectivity index (χ3v) is 2.24. The SMILES string of the molecule is O=C(NNCc1ccn[nH]1)OCc1ccccc1. The molecular weight excluding hydrogens is 232 g/mol. The molecular formula is C12H14N4O2. The molecule has 6 nitrogen and oxygen atoms in total. The number of rotatable bonds is 5. The summed E-state index contributed by atoms with van der Waals surface area (Å²) in [7, 11) is 0. The van der Waals surface area contributed by atoms with Gasteiger partial charge in [-0.1, -0.05) is 30.3 Å². The van der Waals surface area contributed by atoms with Gasteiger partial charge in [-0.05, 0) is 11.6 Å². The summed E-state index contributed by atoms with van der Waals surface area (Å²) >= 11 is 0. The van der Waals surface area contributed by atoms with Gasteiger partial charge in [-0.2, -0.15) is 5.10 Å². The van der Waals surface area contributed by atoms with Gasteiger partial charge in [-0.25, -0.2) is 10.2 Å². The zero-order chi connectivity index (χ0) is 12.6. The highest BCUT2D eigenvalue weighted by molar-refractivity contribution is 5.66. The van der Waals surface area contributed by atoms with Crippen LogP contribution in [0.15, 0.2) is 42.6 Å². The Hall–Kier alpha value is -2.34. The van der Waals surface area contributed by atoms with Gasteiger partial charge in [0, 0.05) is 6.20 Å². The van der Waals surface area contributed by atoms with Crippen molar-refractivity contribution in [1.29, 1.82) is 0 Å². The molecule has 0 saturated carbocycles. The first kappa shape index (κ1) is 12.1. The quantitative estimate of drug-likeness (QED) is 0.696. The van der Waals surface area contributed by atoms with E-state index in [0.717, 1.165) is 11.3 Å². The molecule has 94 valence electrons. The minimum Gasteiger partial charge on any atom is -0.444 e. The summed E-state index contributed by atoms with van der Waals surface area (Å²) in [6, 6.07) is 11.3. The lowest BCUT2D eigenvalue weighted by Gasteiger charge is -2.07. The summed E-state index contributed by atoms with van der Waals surface area (Å²) in [5.41, 5.74) is 6.98. The lowest BCUT2D eigenvalue weighted by Crippen LogP contribution is -2.37. The second kappa shape index (κ2) is 6.41. The van der Waals surface area contributed by atoms with Crippen molar-refractivity contribution in [1.82, 2.24) is 21.0 Å². The minimum atomic E-state index is -0.515. The largest absolute Gasteiger partial charge is 0.444 e. The summed E-state index contributed by atoms with van der Waals surface area (Å²) in [6.45, 7) is 0.707. The first-order chi connectivity index (χ1) is 8.84. The van der Waals surface area contributed by atoms with Gasteiger partial charge in [0.15, 0.2) is 0 Å². The van der Waals surface area contributed by atoms with Gasteiger partial charge in [0.1, 0.15) is 6.61 Å². The third kappa shape index (κ3) is 3.91. The molecule has 1 heterocycles. The fourth-order valence-electron chi connectivity index (χ4n) is 1.35. The van der Waals surface area contributed by atoms with Crippen LogP contribution in [-0.2, 0) is 17.9 Å². The number of aromatic amines is 1. The van der Waals surface area contributed by atoms with E-state index in [-0.39, 0.29) is 6.61 Å². The Morgan fingerprint density at radius 3 is 2.83 bits per heavy atom. The van der Waals surface area contributed by atoms with Crippen molar-refractivity contribution in [2.45, 2.75) is 13.2 Å². The molecule has 3 N–H and O–H groups in total. The molecule has 1 aromatic carbocycles. The number of ether oxygens (including phenoxy) is 1. The number of H-pyrrole nitrogens is 1. The Bertz CT molecular complexity index is 470. The van der Waals surface area contributed by atoms with Crippen LogP contribution >= 0.6 is 0 Å². The first-order valence-electron chi connectivity index (χ1n) is 5.52. The Balaban J connectivity index is 1.63. The average Bonchev–Trinajstić information content (AvgIpc) is 2.91. The molecule has 0 unspecified atom stereocenters. The maximum absolute atomic E-state index is 11.3. The summed E-state index contributed by atoms with van der Waals surface area (Å²) in [5.74, 6) is 0. The van der Waals surface area contributed by atoms with Crippen LogP contribution in [0, 0.1) is 0 Å². The molecule has 0 radical (unpaired) electrons. The molecule has 0 bridgehead atoms. The molecule has 18 heavy (non-hydrogen) atoms. The zero-order valence-electron chi connectivity index (χ0n) is 9.72. The number of hydrazine groups is 1. The van der Waals surface area contributed by atoms with E-state index in [1.54, 1.807) is 6.20 Å². The zero-order valence-corrected chi connectivity index (χ0v) is 9.72. The smallest absolute Gasteiger partial charge is 0.421 e. The molecule has 0 aliphatic rings. The van der Waals surface area contributed by atoms with Crippen molar-refractivity contribution in [2.24, 2.45) is 0 Å². The van der Waals surface area contributed by atoms with Gasteiger partial charge in [0.25, 0.3) is 0 Å². The molecule has 2 aromatic rings. The molecule has 1 amide bonds. The average molecular weight is 246 g/mol. The van der Waals surface area contributed by atoms with Crippen LogP contribution in [0.2, 0.25) is 0 Å². The number of carbonyl (C=O) groups excluding carboxylic acids is 1. The van der Waals surface area contributed by atoms with Crippen LogP contribution in [0.5, 0.6) is 0 Å². The van der Waals surface area contributed by atoms with E-state index in [1.165, 1.54) is 0 Å². The van der Waals surface area contributed by atoms with Gasteiger partial charge < -0.3 is 4.74 Å². The van der Waals surface area contributed by atoms with E-state index in [4.69, 9.17) is 4.74 Å². The van der Waals surface area contributed by atoms with Crippen LogP contribution in [0.4, 0.5) is 4.79 Å². The number of hydrogen-bond donors (Lipinski definition) is 3. The van der Waals surface area contributed by atoms with Crippen molar-refractivity contribution in [3.05, 3.63) is 53.9 Å². The van der Waals surface area contributed by atoms with Crippen molar-refractivity contribution >= 4 is 6.09 Å². The van der Waals surface area contributed by atoms with Crippen molar-refractivity contribution < 1.29 is 9.53 Å². The maximum atomic E-state index is 11.3. The fourth-order valence-corrected chi connectivity index (χ4v) is 1.35. The molecule has 0 aliphatic carbocycles. The molecule has 0 fully saturated rings. The second-order valence-corrected chi connectivity index (χ2v) is 3.62. The fraction of sp³-hybridized carbons (Fsp3) is 0.167. The van der Waals surface area contributed by atoms with E-state index < -0.39 is 6.09 Å². The summed E-state index contributed by atoms with van der Waals surface area (Å²) in [6.07, 6.45) is 1.13. The number of hydrogen-bond acceptors (Lipinski definition) is 4. The summed E-state index contributed by atoms with van der Waals surface area (Å²) in [4.78, 5) is 11.3. The number of nitrogens with zero attached hydrogens (tertiary/aromatic N) is 1. The lowest BCUT2D eigenvalue weighted by atomic mass is 10.2. The van der Waals surface area contributed by atoms with Crippen LogP contribution in [-0.4, -0.2) is 16.3 Å². The Kier molecular flexibility index (Phi) is 4.32. The normalized spacial score (nSPS) is 10.0. The van der Waals surface area contributed by atoms with E-state index in [1.807, 2.05) is 36.4 Å². The highest BCUT2D eigenvalue weighted by Crippen LogP contribution is 2.00. The number of nitrogens with one attached hydrogen (secondary N) is 3. The summed E-state index contributed by atoms with van der Waals surface area (Å²) < 4.78 is 5.01. The van der Waals surface area contributed by atoms with Gasteiger partial charge in [0.05, 0.1) is 12.2 Å². The molecule has 0 saturated heterocycles. The summed E-state index contributed by atoms with van der Waals surface area (Å²) in [5, 5.41) is 6.55. The van der Waals surface area contributed by atoms with Crippen LogP contribution in [0.3, 0.4) is 0 Å². The lowest BCUT2D eigenvalue weighted by molar-refractivity contribution is 0.134. The molecule has 1 aromatic heterocycles. The van der Waals surface area contributed by atoms with Gasteiger partial charge >= 0.3 is 6.09 Å². The molecule has 0 aliphatic heterocycles. The highest BCUT2D eigenvalue weighted by atomic mass is 16.6. The number of benzene rings is 1. The van der Waals surface area contributed by atoms with Gasteiger partial charge in [0.2, 0.25) is 0 Å². The van der Waals surface area contributed by atoms with Gasteiger partial charge in [-0.3, -0.25) is 10.5 Å². The molecule has 0 atom stereocenters. The number of amides is 1.